The van der Waals surface area contributed by atoms with E-state index in [2.05, 4.69) is 54.5 Å². The minimum Gasteiger partial charge on any atom is -0.256 e. The van der Waals surface area contributed by atoms with Crippen LogP contribution in [0.1, 0.15) is 10.4 Å². The first kappa shape index (κ1) is 12.1. The van der Waals surface area contributed by atoms with Crippen LogP contribution >= 0.6 is 11.3 Å². The smallest absolute Gasteiger partial charge is 0.0704 e. The number of aromatic nitrogens is 1. The maximum Gasteiger partial charge on any atom is 0.0704 e. The molecule has 2 aromatic heterocycles. The molecule has 0 N–H and O–H groups in total. The number of rotatable bonds is 2. The summed E-state index contributed by atoms with van der Waals surface area (Å²) in [6.07, 6.45) is 1.84. The van der Waals surface area contributed by atoms with Crippen LogP contribution < -0.4 is 0 Å². The van der Waals surface area contributed by atoms with Crippen LogP contribution in [0.2, 0.25) is 0 Å². The second-order valence-corrected chi connectivity index (χ2v) is 5.75. The predicted octanol–water partition coefficient (Wildman–Crippen LogP) is 5.09. The van der Waals surface area contributed by atoms with E-state index in [1.807, 2.05) is 18.3 Å². The fourth-order valence-electron chi connectivity index (χ4n) is 2.33. The van der Waals surface area contributed by atoms with Gasteiger partial charge in [0.15, 0.2) is 0 Å². The van der Waals surface area contributed by atoms with Gasteiger partial charge in [-0.3, -0.25) is 4.98 Å². The normalized spacial score (nSPS) is 10.6. The molecule has 3 rings (SSSR count). The molecule has 1 nitrogen and oxygen atoms in total. The summed E-state index contributed by atoms with van der Waals surface area (Å²) in [6.45, 7) is 4.32. The summed E-state index contributed by atoms with van der Waals surface area (Å²) in [5.41, 5.74) is 6.14. The van der Waals surface area contributed by atoms with Gasteiger partial charge < -0.3 is 0 Å². The number of aryl methyl sites for hydroxylation is 1. The molecule has 2 heteroatoms. The summed E-state index contributed by atoms with van der Waals surface area (Å²) in [5, 5.41) is 2.22. The van der Waals surface area contributed by atoms with E-state index >= 15 is 0 Å². The van der Waals surface area contributed by atoms with Crippen LogP contribution in [-0.4, -0.2) is 4.98 Å². The van der Waals surface area contributed by atoms with Gasteiger partial charge in [-0.05, 0) is 54.1 Å². The number of pyridine rings is 1. The Morgan fingerprint density at radius 1 is 0.947 bits per heavy atom. The molecule has 0 radical (unpaired) electrons. The summed E-state index contributed by atoms with van der Waals surface area (Å²) in [6, 6.07) is 14.7. The van der Waals surface area contributed by atoms with E-state index in [0.717, 1.165) is 5.69 Å². The topological polar surface area (TPSA) is 12.9 Å². The number of thiophene rings is 1. The van der Waals surface area contributed by atoms with Crippen LogP contribution in [0.15, 0.2) is 54.0 Å². The van der Waals surface area contributed by atoms with Gasteiger partial charge in [-0.25, -0.2) is 0 Å². The molecular formula is C17H15NS. The van der Waals surface area contributed by atoms with Crippen LogP contribution in [0, 0.1) is 13.8 Å². The van der Waals surface area contributed by atoms with Crippen LogP contribution in [0.5, 0.6) is 0 Å². The molecule has 0 amide bonds. The number of nitrogens with zero attached hydrogens (tertiary/aromatic N) is 1. The van der Waals surface area contributed by atoms with Gasteiger partial charge in [0, 0.05) is 16.6 Å². The van der Waals surface area contributed by atoms with Crippen molar-refractivity contribution in [2.45, 2.75) is 13.8 Å². The largest absolute Gasteiger partial charge is 0.256 e. The highest BCUT2D eigenvalue weighted by Gasteiger charge is 2.09. The zero-order chi connectivity index (χ0) is 13.2. The van der Waals surface area contributed by atoms with Gasteiger partial charge in [0.25, 0.3) is 0 Å². The average molecular weight is 265 g/mol. The standard InChI is InChI=1S/C17H15NS/c1-12-10-14(11-19-12)15-6-5-7-16(13(15)2)17-8-3-4-9-18-17/h3-11H,1-2H3. The lowest BCUT2D eigenvalue weighted by Gasteiger charge is -2.09. The van der Waals surface area contributed by atoms with E-state index in [1.54, 1.807) is 11.3 Å². The monoisotopic (exact) mass is 265 g/mol. The Kier molecular flexibility index (Phi) is 3.18. The van der Waals surface area contributed by atoms with Crippen LogP contribution in [0.3, 0.4) is 0 Å². The Bertz CT molecular complexity index is 698. The summed E-state index contributed by atoms with van der Waals surface area (Å²) in [4.78, 5) is 5.80. The second kappa shape index (κ2) is 4.98. The lowest BCUT2D eigenvalue weighted by atomic mass is 9.96. The Morgan fingerprint density at radius 2 is 1.79 bits per heavy atom. The average Bonchev–Trinajstić information content (AvgIpc) is 2.86. The third-order valence-electron chi connectivity index (χ3n) is 3.32. The first-order valence-electron chi connectivity index (χ1n) is 6.32. The van der Waals surface area contributed by atoms with Gasteiger partial charge in [-0.15, -0.1) is 11.3 Å². The van der Waals surface area contributed by atoms with Gasteiger partial charge in [-0.2, -0.15) is 0 Å². The van der Waals surface area contributed by atoms with Gasteiger partial charge in [0.2, 0.25) is 0 Å². The summed E-state index contributed by atoms with van der Waals surface area (Å²) >= 11 is 1.79. The minimum absolute atomic E-state index is 1.04. The molecule has 0 unspecified atom stereocenters. The lowest BCUT2D eigenvalue weighted by molar-refractivity contribution is 1.31. The zero-order valence-corrected chi connectivity index (χ0v) is 11.9. The van der Waals surface area contributed by atoms with E-state index in [-0.39, 0.29) is 0 Å². The fourth-order valence-corrected chi connectivity index (χ4v) is 3.04. The first-order valence-corrected chi connectivity index (χ1v) is 7.20. The Morgan fingerprint density at radius 3 is 2.47 bits per heavy atom. The molecule has 1 aromatic carbocycles. The third-order valence-corrected chi connectivity index (χ3v) is 4.18. The van der Waals surface area contributed by atoms with Crippen LogP contribution in [-0.2, 0) is 0 Å². The quantitative estimate of drug-likeness (QED) is 0.628. The summed E-state index contributed by atoms with van der Waals surface area (Å²) in [7, 11) is 0. The third kappa shape index (κ3) is 2.32. The van der Waals surface area contributed by atoms with Crippen molar-refractivity contribution in [2.75, 3.05) is 0 Å². The molecule has 0 saturated carbocycles. The Labute approximate surface area is 117 Å². The Balaban J connectivity index is 2.14. The van der Waals surface area contributed by atoms with E-state index in [9.17, 15) is 0 Å². The maximum absolute atomic E-state index is 4.45. The highest BCUT2D eigenvalue weighted by molar-refractivity contribution is 7.10. The van der Waals surface area contributed by atoms with Crippen LogP contribution in [0.25, 0.3) is 22.4 Å². The molecule has 0 saturated heterocycles. The molecule has 0 aliphatic heterocycles. The molecule has 0 bridgehead atoms. The number of hydrogen-bond acceptors (Lipinski definition) is 2. The minimum atomic E-state index is 1.04. The van der Waals surface area contributed by atoms with Crippen molar-refractivity contribution in [3.63, 3.8) is 0 Å². The van der Waals surface area contributed by atoms with Crippen molar-refractivity contribution in [2.24, 2.45) is 0 Å². The molecule has 0 aliphatic rings. The van der Waals surface area contributed by atoms with Gasteiger partial charge in [-0.1, -0.05) is 24.3 Å². The highest BCUT2D eigenvalue weighted by atomic mass is 32.1. The van der Waals surface area contributed by atoms with Crippen LogP contribution in [0.4, 0.5) is 0 Å². The molecule has 94 valence electrons. The molecule has 3 aromatic rings. The molecule has 0 spiro atoms. The van der Waals surface area contributed by atoms with Crippen molar-refractivity contribution in [1.29, 1.82) is 0 Å². The van der Waals surface area contributed by atoms with Crippen molar-refractivity contribution in [3.8, 4) is 22.4 Å². The highest BCUT2D eigenvalue weighted by Crippen LogP contribution is 2.32. The fraction of sp³-hybridized carbons (Fsp3) is 0.118. The van der Waals surface area contributed by atoms with Crippen molar-refractivity contribution < 1.29 is 0 Å². The summed E-state index contributed by atoms with van der Waals surface area (Å²) in [5.74, 6) is 0. The molecule has 0 atom stereocenters. The number of benzene rings is 1. The zero-order valence-electron chi connectivity index (χ0n) is 11.1. The second-order valence-electron chi connectivity index (χ2n) is 4.64. The molecule has 0 fully saturated rings. The summed E-state index contributed by atoms with van der Waals surface area (Å²) < 4.78 is 0. The molecule has 0 aliphatic carbocycles. The van der Waals surface area contributed by atoms with Crippen molar-refractivity contribution in [1.82, 2.24) is 4.98 Å². The molecule has 2 heterocycles. The van der Waals surface area contributed by atoms with Crippen molar-refractivity contribution >= 4 is 11.3 Å². The van der Waals surface area contributed by atoms with E-state index in [0.29, 0.717) is 0 Å². The molecule has 19 heavy (non-hydrogen) atoms. The predicted molar refractivity (Wildman–Crippen MR) is 82.5 cm³/mol. The number of hydrogen-bond donors (Lipinski definition) is 0. The Hall–Kier alpha value is -1.93. The van der Waals surface area contributed by atoms with Gasteiger partial charge in [0.1, 0.15) is 0 Å². The lowest BCUT2D eigenvalue weighted by Crippen LogP contribution is -1.89. The SMILES string of the molecule is Cc1cc(-c2cccc(-c3ccccn3)c2C)cs1. The van der Waals surface area contributed by atoms with E-state index < -0.39 is 0 Å². The van der Waals surface area contributed by atoms with E-state index in [4.69, 9.17) is 0 Å². The van der Waals surface area contributed by atoms with Gasteiger partial charge in [0.05, 0.1) is 5.69 Å². The first-order chi connectivity index (χ1) is 9.25. The van der Waals surface area contributed by atoms with E-state index in [1.165, 1.54) is 27.1 Å². The maximum atomic E-state index is 4.45. The van der Waals surface area contributed by atoms with Gasteiger partial charge >= 0.3 is 0 Å². The van der Waals surface area contributed by atoms with Crippen molar-refractivity contribution in [3.05, 3.63) is 64.5 Å². The molecular weight excluding hydrogens is 250 g/mol.